The van der Waals surface area contributed by atoms with Gasteiger partial charge in [-0.15, -0.1) is 0 Å². The van der Waals surface area contributed by atoms with E-state index in [-0.39, 0.29) is 23.7 Å². The Kier molecular flexibility index (Phi) is 5.04. The summed E-state index contributed by atoms with van der Waals surface area (Å²) in [5.74, 6) is -0.251. The third kappa shape index (κ3) is 4.56. The number of furan rings is 1. The van der Waals surface area contributed by atoms with Crippen molar-refractivity contribution in [1.29, 1.82) is 0 Å². The third-order valence-electron chi connectivity index (χ3n) is 4.36. The lowest BCUT2D eigenvalue weighted by atomic mass is 9.86. The van der Waals surface area contributed by atoms with Crippen LogP contribution >= 0.6 is 0 Å². The van der Waals surface area contributed by atoms with E-state index < -0.39 is 0 Å². The zero-order chi connectivity index (χ0) is 19.6. The molecule has 0 saturated heterocycles. The molecule has 0 unspecified atom stereocenters. The highest BCUT2D eigenvalue weighted by atomic mass is 16.3. The Morgan fingerprint density at radius 2 is 1.59 bits per heavy atom. The first-order valence-electron chi connectivity index (χ1n) is 8.90. The van der Waals surface area contributed by atoms with E-state index in [4.69, 9.17) is 4.42 Å². The van der Waals surface area contributed by atoms with Gasteiger partial charge in [-0.2, -0.15) is 0 Å². The zero-order valence-corrected chi connectivity index (χ0v) is 16.1. The van der Waals surface area contributed by atoms with E-state index in [1.807, 2.05) is 6.07 Å². The number of fused-ring (bicyclic) bond motifs is 1. The van der Waals surface area contributed by atoms with E-state index in [0.717, 1.165) is 16.5 Å². The van der Waals surface area contributed by atoms with E-state index in [2.05, 4.69) is 43.5 Å². The van der Waals surface area contributed by atoms with Crippen molar-refractivity contribution >= 4 is 34.2 Å². The number of carbonyl (C=O) groups is 2. The molecule has 5 heteroatoms. The van der Waals surface area contributed by atoms with Gasteiger partial charge in [0.15, 0.2) is 0 Å². The predicted octanol–water partition coefficient (Wildman–Crippen LogP) is 4.87. The van der Waals surface area contributed by atoms with Gasteiger partial charge in [-0.1, -0.05) is 26.8 Å². The predicted molar refractivity (Wildman–Crippen MR) is 108 cm³/mol. The highest BCUT2D eigenvalue weighted by molar-refractivity contribution is 5.96. The number of hydrogen-bond acceptors (Lipinski definition) is 3. The molecule has 0 aliphatic carbocycles. The molecule has 5 nitrogen and oxygen atoms in total. The van der Waals surface area contributed by atoms with Crippen LogP contribution in [0.1, 0.15) is 38.8 Å². The van der Waals surface area contributed by atoms with Gasteiger partial charge >= 0.3 is 0 Å². The first kappa shape index (κ1) is 18.7. The second kappa shape index (κ2) is 7.27. The SMILES string of the molecule is CC(=O)Nc1ccc(NC(=O)Cc2coc3ccc(C(C)(C)C)cc23)cc1. The van der Waals surface area contributed by atoms with E-state index in [1.54, 1.807) is 30.5 Å². The van der Waals surface area contributed by atoms with Crippen molar-refractivity contribution < 1.29 is 14.0 Å². The van der Waals surface area contributed by atoms with Crippen molar-refractivity contribution in [2.75, 3.05) is 10.6 Å². The number of amides is 2. The summed E-state index contributed by atoms with van der Waals surface area (Å²) in [7, 11) is 0. The Morgan fingerprint density at radius 3 is 2.19 bits per heavy atom. The highest BCUT2D eigenvalue weighted by Crippen LogP contribution is 2.29. The molecule has 0 radical (unpaired) electrons. The molecule has 2 N–H and O–H groups in total. The molecule has 0 bridgehead atoms. The van der Waals surface area contributed by atoms with Crippen LogP contribution in [-0.2, 0) is 21.4 Å². The Labute approximate surface area is 158 Å². The van der Waals surface area contributed by atoms with E-state index in [1.165, 1.54) is 12.5 Å². The smallest absolute Gasteiger partial charge is 0.228 e. The van der Waals surface area contributed by atoms with Gasteiger partial charge in [-0.25, -0.2) is 0 Å². The van der Waals surface area contributed by atoms with Gasteiger partial charge in [-0.3, -0.25) is 9.59 Å². The highest BCUT2D eigenvalue weighted by Gasteiger charge is 2.17. The van der Waals surface area contributed by atoms with Crippen LogP contribution in [0.15, 0.2) is 53.1 Å². The minimum Gasteiger partial charge on any atom is -0.464 e. The quantitative estimate of drug-likeness (QED) is 0.694. The fourth-order valence-corrected chi connectivity index (χ4v) is 2.90. The van der Waals surface area contributed by atoms with Gasteiger partial charge in [-0.05, 0) is 47.4 Å². The molecule has 0 atom stereocenters. The maximum absolute atomic E-state index is 12.4. The normalized spacial score (nSPS) is 11.4. The first-order chi connectivity index (χ1) is 12.7. The van der Waals surface area contributed by atoms with E-state index in [0.29, 0.717) is 11.4 Å². The fourth-order valence-electron chi connectivity index (χ4n) is 2.90. The summed E-state index contributed by atoms with van der Waals surface area (Å²) in [4.78, 5) is 23.5. The minimum absolute atomic E-state index is 0.0284. The third-order valence-corrected chi connectivity index (χ3v) is 4.36. The molecule has 0 spiro atoms. The summed E-state index contributed by atoms with van der Waals surface area (Å²) in [5.41, 5.74) is 4.24. The van der Waals surface area contributed by atoms with Crippen molar-refractivity contribution in [3.63, 3.8) is 0 Å². The first-order valence-corrected chi connectivity index (χ1v) is 8.90. The Hall–Kier alpha value is -3.08. The topological polar surface area (TPSA) is 71.3 Å². The van der Waals surface area contributed by atoms with Crippen molar-refractivity contribution in [3.05, 3.63) is 59.9 Å². The zero-order valence-electron chi connectivity index (χ0n) is 16.1. The standard InChI is InChI=1S/C22H24N2O3/c1-14(25)23-17-6-8-18(9-7-17)24-21(26)11-15-13-27-20-10-5-16(12-19(15)20)22(2,3)4/h5-10,12-13H,11H2,1-4H3,(H,23,25)(H,24,26). The summed E-state index contributed by atoms with van der Waals surface area (Å²) < 4.78 is 5.60. The molecule has 140 valence electrons. The second-order valence-electron chi connectivity index (χ2n) is 7.71. The largest absolute Gasteiger partial charge is 0.464 e. The molecule has 0 fully saturated rings. The van der Waals surface area contributed by atoms with Crippen LogP contribution in [-0.4, -0.2) is 11.8 Å². The molecular weight excluding hydrogens is 340 g/mol. The molecule has 3 aromatic rings. The number of anilines is 2. The average Bonchev–Trinajstić information content (AvgIpc) is 2.97. The molecule has 3 rings (SSSR count). The Morgan fingerprint density at radius 1 is 0.963 bits per heavy atom. The van der Waals surface area contributed by atoms with Gasteiger partial charge in [0.1, 0.15) is 5.58 Å². The molecule has 27 heavy (non-hydrogen) atoms. The van der Waals surface area contributed by atoms with Gasteiger partial charge in [0.2, 0.25) is 11.8 Å². The van der Waals surface area contributed by atoms with E-state index >= 15 is 0 Å². The van der Waals surface area contributed by atoms with Crippen LogP contribution in [0.4, 0.5) is 11.4 Å². The van der Waals surface area contributed by atoms with Crippen molar-refractivity contribution in [2.45, 2.75) is 39.5 Å². The lowest BCUT2D eigenvalue weighted by Crippen LogP contribution is -2.14. The van der Waals surface area contributed by atoms with Gasteiger partial charge in [0, 0.05) is 29.2 Å². The average molecular weight is 364 g/mol. The lowest BCUT2D eigenvalue weighted by molar-refractivity contribution is -0.116. The Bertz CT molecular complexity index is 979. The maximum atomic E-state index is 12.4. The van der Waals surface area contributed by atoms with Crippen LogP contribution in [0.2, 0.25) is 0 Å². The molecule has 2 aromatic carbocycles. The number of benzene rings is 2. The molecule has 0 aliphatic heterocycles. The summed E-state index contributed by atoms with van der Waals surface area (Å²) >= 11 is 0. The second-order valence-corrected chi connectivity index (χ2v) is 7.71. The van der Waals surface area contributed by atoms with Crippen LogP contribution < -0.4 is 10.6 Å². The van der Waals surface area contributed by atoms with Crippen LogP contribution in [0, 0.1) is 0 Å². The summed E-state index contributed by atoms with van der Waals surface area (Å²) in [6, 6.07) is 13.1. The van der Waals surface area contributed by atoms with Gasteiger partial charge < -0.3 is 15.1 Å². The molecule has 0 saturated carbocycles. The fraction of sp³-hybridized carbons (Fsp3) is 0.273. The van der Waals surface area contributed by atoms with E-state index in [9.17, 15) is 9.59 Å². The van der Waals surface area contributed by atoms with Crippen LogP contribution in [0.25, 0.3) is 11.0 Å². The monoisotopic (exact) mass is 364 g/mol. The number of carbonyl (C=O) groups excluding carboxylic acids is 2. The molecule has 1 aromatic heterocycles. The van der Waals surface area contributed by atoms with Gasteiger partial charge in [0.05, 0.1) is 12.7 Å². The summed E-state index contributed by atoms with van der Waals surface area (Å²) in [6.45, 7) is 7.93. The van der Waals surface area contributed by atoms with Gasteiger partial charge in [0.25, 0.3) is 0 Å². The van der Waals surface area contributed by atoms with Crippen LogP contribution in [0.3, 0.4) is 0 Å². The van der Waals surface area contributed by atoms with Crippen molar-refractivity contribution in [3.8, 4) is 0 Å². The number of hydrogen-bond donors (Lipinski definition) is 2. The Balaban J connectivity index is 1.73. The van der Waals surface area contributed by atoms with Crippen molar-refractivity contribution in [1.82, 2.24) is 0 Å². The number of rotatable bonds is 4. The maximum Gasteiger partial charge on any atom is 0.228 e. The minimum atomic E-state index is -0.131. The van der Waals surface area contributed by atoms with Crippen molar-refractivity contribution in [2.24, 2.45) is 0 Å². The lowest BCUT2D eigenvalue weighted by Gasteiger charge is -2.18. The summed E-state index contributed by atoms with van der Waals surface area (Å²) in [6.07, 6.45) is 1.88. The van der Waals surface area contributed by atoms with Crippen LogP contribution in [0.5, 0.6) is 0 Å². The molecule has 2 amide bonds. The molecule has 1 heterocycles. The number of nitrogens with one attached hydrogen (secondary N) is 2. The summed E-state index contributed by atoms with van der Waals surface area (Å²) in [5, 5.41) is 6.54. The molecule has 0 aliphatic rings. The molecular formula is C22H24N2O3.